The van der Waals surface area contributed by atoms with Crippen LogP contribution in [0.5, 0.6) is 0 Å². The molecule has 2 fully saturated rings. The van der Waals surface area contributed by atoms with Gasteiger partial charge in [-0.3, -0.25) is 19.9 Å². The number of nitrogens with two attached hydrogens (primary N) is 1. The van der Waals surface area contributed by atoms with Gasteiger partial charge in [0, 0.05) is 19.6 Å². The third-order valence-corrected chi connectivity index (χ3v) is 3.61. The molecular weight excluding hydrogens is 236 g/mol. The Labute approximate surface area is 106 Å². The molecule has 0 aromatic carbocycles. The predicted octanol–water partition coefficient (Wildman–Crippen LogP) is -1.66. The van der Waals surface area contributed by atoms with Crippen LogP contribution in [0.4, 0.5) is 0 Å². The Morgan fingerprint density at radius 3 is 3.11 bits per heavy atom. The summed E-state index contributed by atoms with van der Waals surface area (Å²) in [5.74, 6) is 4.85. The first-order valence-electron chi connectivity index (χ1n) is 6.29. The molecule has 0 aromatic heterocycles. The van der Waals surface area contributed by atoms with Crippen LogP contribution < -0.4 is 16.6 Å². The van der Waals surface area contributed by atoms with Crippen molar-refractivity contribution in [2.24, 2.45) is 5.84 Å². The van der Waals surface area contributed by atoms with Gasteiger partial charge in [0.25, 0.3) is 5.91 Å². The topological polar surface area (TPSA) is 96.7 Å². The van der Waals surface area contributed by atoms with E-state index in [-0.39, 0.29) is 24.0 Å². The van der Waals surface area contributed by atoms with Crippen LogP contribution in [0, 0.1) is 0 Å². The molecule has 7 nitrogen and oxygen atoms in total. The Morgan fingerprint density at radius 1 is 1.61 bits per heavy atom. The number of hydrogen-bond acceptors (Lipinski definition) is 5. The first kappa shape index (κ1) is 13.3. The highest BCUT2D eigenvalue weighted by Crippen LogP contribution is 2.21. The number of nitrogens with one attached hydrogen (secondary N) is 2. The number of carbonyl (C=O) groups excluding carboxylic acids is 2. The number of amides is 2. The van der Waals surface area contributed by atoms with E-state index in [9.17, 15) is 9.59 Å². The normalized spacial score (nSPS) is 33.2. The zero-order chi connectivity index (χ0) is 13.1. The van der Waals surface area contributed by atoms with Crippen molar-refractivity contribution in [2.75, 3.05) is 19.6 Å². The van der Waals surface area contributed by atoms with Gasteiger partial charge in [-0.25, -0.2) is 5.84 Å². The Bertz CT molecular complexity index is 336. The Morgan fingerprint density at radius 2 is 2.39 bits per heavy atom. The Kier molecular flexibility index (Phi) is 4.15. The molecule has 4 N–H and O–H groups in total. The average Bonchev–Trinajstić information content (AvgIpc) is 2.82. The molecule has 2 amide bonds. The van der Waals surface area contributed by atoms with Gasteiger partial charge in [-0.2, -0.15) is 0 Å². The lowest BCUT2D eigenvalue weighted by Crippen LogP contribution is -2.55. The molecule has 102 valence electrons. The van der Waals surface area contributed by atoms with Gasteiger partial charge in [0.1, 0.15) is 6.10 Å². The number of nitrogens with zero attached hydrogens (tertiary/aromatic N) is 1. The van der Waals surface area contributed by atoms with Gasteiger partial charge in [0.05, 0.1) is 12.1 Å². The van der Waals surface area contributed by atoms with Crippen LogP contribution in [-0.4, -0.2) is 54.6 Å². The molecular formula is C11H20N4O3. The zero-order valence-electron chi connectivity index (χ0n) is 10.5. The van der Waals surface area contributed by atoms with Crippen molar-refractivity contribution in [3.05, 3.63) is 0 Å². The molecule has 3 atom stereocenters. The second kappa shape index (κ2) is 5.64. The quantitative estimate of drug-likeness (QED) is 0.319. The van der Waals surface area contributed by atoms with Crippen molar-refractivity contribution in [3.63, 3.8) is 0 Å². The lowest BCUT2D eigenvalue weighted by molar-refractivity contribution is -0.134. The SMILES string of the molecule is CC1C(=O)NCCN1CC1CCC(C(=O)NN)O1. The summed E-state index contributed by atoms with van der Waals surface area (Å²) in [7, 11) is 0. The smallest absolute Gasteiger partial charge is 0.263 e. The first-order chi connectivity index (χ1) is 8.61. The highest BCUT2D eigenvalue weighted by atomic mass is 16.5. The fourth-order valence-corrected chi connectivity index (χ4v) is 2.47. The van der Waals surface area contributed by atoms with Crippen LogP contribution in [0.2, 0.25) is 0 Å². The number of hydrazine groups is 1. The predicted molar refractivity (Wildman–Crippen MR) is 64.3 cm³/mol. The minimum Gasteiger partial charge on any atom is -0.364 e. The second-order valence-corrected chi connectivity index (χ2v) is 4.79. The third kappa shape index (κ3) is 2.80. The van der Waals surface area contributed by atoms with Gasteiger partial charge in [0.2, 0.25) is 5.91 Å². The largest absolute Gasteiger partial charge is 0.364 e. The highest BCUT2D eigenvalue weighted by molar-refractivity contribution is 5.82. The van der Waals surface area contributed by atoms with Crippen molar-refractivity contribution < 1.29 is 14.3 Å². The molecule has 0 aromatic rings. The van der Waals surface area contributed by atoms with Crippen molar-refractivity contribution in [1.82, 2.24) is 15.6 Å². The van der Waals surface area contributed by atoms with E-state index in [1.54, 1.807) is 0 Å². The highest BCUT2D eigenvalue weighted by Gasteiger charge is 2.34. The van der Waals surface area contributed by atoms with E-state index >= 15 is 0 Å². The van der Waals surface area contributed by atoms with E-state index < -0.39 is 6.10 Å². The summed E-state index contributed by atoms with van der Waals surface area (Å²) in [6, 6.07) is -0.135. The lowest BCUT2D eigenvalue weighted by Gasteiger charge is -2.34. The molecule has 3 unspecified atom stereocenters. The van der Waals surface area contributed by atoms with Crippen LogP contribution in [0.1, 0.15) is 19.8 Å². The molecule has 2 aliphatic rings. The minimum atomic E-state index is -0.450. The maximum absolute atomic E-state index is 11.5. The van der Waals surface area contributed by atoms with E-state index in [1.165, 1.54) is 0 Å². The van der Waals surface area contributed by atoms with Gasteiger partial charge in [0.15, 0.2) is 0 Å². The van der Waals surface area contributed by atoms with E-state index in [1.807, 2.05) is 6.92 Å². The fraction of sp³-hybridized carbons (Fsp3) is 0.818. The number of ether oxygens (including phenoxy) is 1. The maximum Gasteiger partial charge on any atom is 0.263 e. The van der Waals surface area contributed by atoms with Gasteiger partial charge in [-0.1, -0.05) is 0 Å². The molecule has 0 bridgehead atoms. The van der Waals surface area contributed by atoms with E-state index in [4.69, 9.17) is 10.6 Å². The average molecular weight is 256 g/mol. The minimum absolute atomic E-state index is 0.000602. The summed E-state index contributed by atoms with van der Waals surface area (Å²) in [5, 5.41) is 2.82. The van der Waals surface area contributed by atoms with Gasteiger partial charge in [-0.15, -0.1) is 0 Å². The molecule has 0 aliphatic carbocycles. The lowest BCUT2D eigenvalue weighted by atomic mass is 10.1. The van der Waals surface area contributed by atoms with Crippen molar-refractivity contribution in [3.8, 4) is 0 Å². The Hall–Kier alpha value is -1.18. The number of rotatable bonds is 3. The number of carbonyl (C=O) groups is 2. The molecule has 2 saturated heterocycles. The van der Waals surface area contributed by atoms with E-state index in [0.717, 1.165) is 13.0 Å². The molecule has 0 saturated carbocycles. The molecule has 7 heteroatoms. The van der Waals surface area contributed by atoms with Crippen molar-refractivity contribution in [2.45, 2.75) is 38.0 Å². The van der Waals surface area contributed by atoms with Gasteiger partial charge < -0.3 is 10.1 Å². The summed E-state index contributed by atoms with van der Waals surface area (Å²) in [6.07, 6.45) is 1.06. The third-order valence-electron chi connectivity index (χ3n) is 3.61. The molecule has 0 radical (unpaired) electrons. The fourth-order valence-electron chi connectivity index (χ4n) is 2.47. The van der Waals surface area contributed by atoms with Gasteiger partial charge >= 0.3 is 0 Å². The summed E-state index contributed by atoms with van der Waals surface area (Å²) in [5.41, 5.74) is 2.11. The maximum atomic E-state index is 11.5. The zero-order valence-corrected chi connectivity index (χ0v) is 10.5. The molecule has 2 heterocycles. The van der Waals surface area contributed by atoms with E-state index in [2.05, 4.69) is 15.6 Å². The molecule has 18 heavy (non-hydrogen) atoms. The van der Waals surface area contributed by atoms with E-state index in [0.29, 0.717) is 19.5 Å². The summed E-state index contributed by atoms with van der Waals surface area (Å²) < 4.78 is 5.63. The second-order valence-electron chi connectivity index (χ2n) is 4.79. The van der Waals surface area contributed by atoms with Crippen LogP contribution in [-0.2, 0) is 14.3 Å². The monoisotopic (exact) mass is 256 g/mol. The molecule has 2 aliphatic heterocycles. The van der Waals surface area contributed by atoms with Crippen LogP contribution in [0.3, 0.4) is 0 Å². The number of piperazine rings is 1. The first-order valence-corrected chi connectivity index (χ1v) is 6.29. The van der Waals surface area contributed by atoms with Crippen molar-refractivity contribution >= 4 is 11.8 Å². The summed E-state index contributed by atoms with van der Waals surface area (Å²) in [4.78, 5) is 24.9. The standard InChI is InChI=1S/C11H20N4O3/c1-7-10(16)13-4-5-15(7)6-8-2-3-9(18-8)11(17)14-12/h7-9H,2-6,12H2,1H3,(H,13,16)(H,14,17). The molecule has 0 spiro atoms. The van der Waals surface area contributed by atoms with Crippen LogP contribution in [0.15, 0.2) is 0 Å². The summed E-state index contributed by atoms with van der Waals surface area (Å²) in [6.45, 7) is 4.06. The van der Waals surface area contributed by atoms with Crippen LogP contribution >= 0.6 is 0 Å². The van der Waals surface area contributed by atoms with Gasteiger partial charge in [-0.05, 0) is 19.8 Å². The number of hydrogen-bond donors (Lipinski definition) is 3. The molecule has 2 rings (SSSR count). The Balaban J connectivity index is 1.84. The van der Waals surface area contributed by atoms with Crippen LogP contribution in [0.25, 0.3) is 0 Å². The van der Waals surface area contributed by atoms with Crippen molar-refractivity contribution in [1.29, 1.82) is 0 Å². The summed E-state index contributed by atoms with van der Waals surface area (Å²) >= 11 is 0.